The molecule has 0 spiro atoms. The fourth-order valence-corrected chi connectivity index (χ4v) is 0.295. The maximum Gasteiger partial charge on any atom is 0.0840 e. The minimum atomic E-state index is 0. The van der Waals surface area contributed by atoms with Gasteiger partial charge in [-0.25, -0.2) is 0 Å². The van der Waals surface area contributed by atoms with E-state index in [1.165, 1.54) is 0 Å². The molecule has 2 N–H and O–H groups in total. The van der Waals surface area contributed by atoms with Crippen molar-refractivity contribution in [2.45, 2.75) is 0 Å². The molecule has 1 heterocycles. The van der Waals surface area contributed by atoms with Gasteiger partial charge in [0.25, 0.3) is 0 Å². The van der Waals surface area contributed by atoms with Gasteiger partial charge in [0, 0.05) is 31.9 Å². The monoisotopic (exact) mass is 172 g/mol. The molecule has 1 aliphatic heterocycles. The molecule has 0 atom stereocenters. The topological polar surface area (TPSA) is 24.1 Å². The molecule has 0 amide bonds. The average Bonchev–Trinajstić information content (AvgIpc) is 1.76. The van der Waals surface area contributed by atoms with Crippen LogP contribution in [0.15, 0.2) is 12.4 Å². The molecule has 1 rings (SSSR count). The molecule has 0 unspecified atom stereocenters. The molecule has 3 heteroatoms. The Bertz CT molecular complexity index is 46.8. The summed E-state index contributed by atoms with van der Waals surface area (Å²) in [5.74, 6) is 0. The van der Waals surface area contributed by atoms with E-state index in [1.807, 2.05) is 12.4 Å². The van der Waals surface area contributed by atoms with Crippen molar-refractivity contribution in [3.8, 4) is 0 Å². The molecule has 0 radical (unpaired) electrons. The van der Waals surface area contributed by atoms with E-state index in [0.717, 1.165) is 6.67 Å². The van der Waals surface area contributed by atoms with Crippen LogP contribution in [0.2, 0.25) is 0 Å². The summed E-state index contributed by atoms with van der Waals surface area (Å²) >= 11 is 0. The van der Waals surface area contributed by atoms with E-state index in [0.29, 0.717) is 0 Å². The molecular weight excluding hydrogens is 165 g/mol. The van der Waals surface area contributed by atoms with Gasteiger partial charge in [-0.3, -0.25) is 0 Å². The van der Waals surface area contributed by atoms with Crippen molar-refractivity contribution in [3.63, 3.8) is 0 Å². The molecule has 36 valence electrons. The van der Waals surface area contributed by atoms with Gasteiger partial charge in [-0.1, -0.05) is 0 Å². The molecule has 0 fully saturated rings. The van der Waals surface area contributed by atoms with E-state index in [4.69, 9.17) is 0 Å². The van der Waals surface area contributed by atoms with Gasteiger partial charge < -0.3 is 10.6 Å². The SMILES string of the molecule is C1=CNCN1.[Ru]. The van der Waals surface area contributed by atoms with Crippen molar-refractivity contribution >= 4 is 0 Å². The number of hydrogen-bond donors (Lipinski definition) is 2. The molecule has 0 aliphatic carbocycles. The molecule has 0 saturated carbocycles. The molecule has 6 heavy (non-hydrogen) atoms. The van der Waals surface area contributed by atoms with E-state index < -0.39 is 0 Å². The van der Waals surface area contributed by atoms with E-state index in [1.54, 1.807) is 0 Å². The molecule has 0 aromatic carbocycles. The molecule has 0 bridgehead atoms. The van der Waals surface area contributed by atoms with Gasteiger partial charge in [0.15, 0.2) is 0 Å². The summed E-state index contributed by atoms with van der Waals surface area (Å²) in [6.07, 6.45) is 3.75. The van der Waals surface area contributed by atoms with Crippen LogP contribution in [0, 0.1) is 0 Å². The van der Waals surface area contributed by atoms with E-state index in [9.17, 15) is 0 Å². The van der Waals surface area contributed by atoms with Gasteiger partial charge >= 0.3 is 0 Å². The van der Waals surface area contributed by atoms with Crippen LogP contribution in [0.1, 0.15) is 0 Å². The second kappa shape index (κ2) is 3.16. The molecule has 0 aromatic heterocycles. The third-order valence-corrected chi connectivity index (χ3v) is 0.523. The second-order valence-electron chi connectivity index (χ2n) is 0.918. The fourth-order valence-electron chi connectivity index (χ4n) is 0.295. The first-order chi connectivity index (χ1) is 2.50. The van der Waals surface area contributed by atoms with Crippen molar-refractivity contribution in [2.75, 3.05) is 6.67 Å². The molecule has 0 aromatic rings. The zero-order valence-electron chi connectivity index (χ0n) is 3.22. The van der Waals surface area contributed by atoms with Crippen LogP contribution in [0.25, 0.3) is 0 Å². The van der Waals surface area contributed by atoms with Crippen LogP contribution >= 0.6 is 0 Å². The molecule has 1 aliphatic rings. The van der Waals surface area contributed by atoms with Crippen molar-refractivity contribution in [1.29, 1.82) is 0 Å². The van der Waals surface area contributed by atoms with Gasteiger partial charge in [-0.2, -0.15) is 0 Å². The van der Waals surface area contributed by atoms with Crippen molar-refractivity contribution in [3.05, 3.63) is 12.4 Å². The van der Waals surface area contributed by atoms with Crippen LogP contribution in [0.3, 0.4) is 0 Å². The Morgan fingerprint density at radius 2 is 1.67 bits per heavy atom. The summed E-state index contributed by atoms with van der Waals surface area (Å²) < 4.78 is 0. The summed E-state index contributed by atoms with van der Waals surface area (Å²) in [5.41, 5.74) is 0. The maximum absolute atomic E-state index is 2.93. The first-order valence-corrected chi connectivity index (χ1v) is 1.62. The Morgan fingerprint density at radius 3 is 1.83 bits per heavy atom. The largest absolute Gasteiger partial charge is 0.373 e. The van der Waals surface area contributed by atoms with E-state index >= 15 is 0 Å². The third kappa shape index (κ3) is 1.41. The van der Waals surface area contributed by atoms with Crippen molar-refractivity contribution in [1.82, 2.24) is 10.6 Å². The van der Waals surface area contributed by atoms with Crippen LogP contribution in [-0.4, -0.2) is 6.67 Å². The molecular formula is C3H6N2Ru. The minimum Gasteiger partial charge on any atom is -0.373 e. The van der Waals surface area contributed by atoms with Crippen LogP contribution in [-0.2, 0) is 19.5 Å². The van der Waals surface area contributed by atoms with Gasteiger partial charge in [0.1, 0.15) is 0 Å². The van der Waals surface area contributed by atoms with Crippen LogP contribution in [0.4, 0.5) is 0 Å². The van der Waals surface area contributed by atoms with Crippen LogP contribution < -0.4 is 10.6 Å². The summed E-state index contributed by atoms with van der Waals surface area (Å²) in [6.45, 7) is 0.889. The Kier molecular flexibility index (Phi) is 3.15. The Morgan fingerprint density at radius 1 is 1.17 bits per heavy atom. The first kappa shape index (κ1) is 5.96. The maximum atomic E-state index is 2.93. The normalized spacial score (nSPS) is 14.7. The minimum absolute atomic E-state index is 0. The standard InChI is InChI=1S/C3H6N2.Ru/c1-2-5-3-4-1;/h1-2,4-5H,3H2;. The number of rotatable bonds is 0. The third-order valence-electron chi connectivity index (χ3n) is 0.523. The van der Waals surface area contributed by atoms with Gasteiger partial charge in [0.05, 0.1) is 6.67 Å². The summed E-state index contributed by atoms with van der Waals surface area (Å²) in [5, 5.41) is 5.86. The van der Waals surface area contributed by atoms with Gasteiger partial charge in [-0.15, -0.1) is 0 Å². The zero-order chi connectivity index (χ0) is 3.54. The second-order valence-corrected chi connectivity index (χ2v) is 0.918. The summed E-state index contributed by atoms with van der Waals surface area (Å²) in [4.78, 5) is 0. The number of nitrogens with one attached hydrogen (secondary N) is 2. The van der Waals surface area contributed by atoms with Gasteiger partial charge in [-0.05, 0) is 0 Å². The molecule has 0 saturated heterocycles. The Balaban J connectivity index is 0.000000250. The van der Waals surface area contributed by atoms with E-state index in [-0.39, 0.29) is 19.5 Å². The van der Waals surface area contributed by atoms with Gasteiger partial charge in [0.2, 0.25) is 0 Å². The predicted molar refractivity (Wildman–Crippen MR) is 20.3 cm³/mol. The Hall–Kier alpha value is -0.0366. The average molecular weight is 171 g/mol. The van der Waals surface area contributed by atoms with Crippen molar-refractivity contribution in [2.24, 2.45) is 0 Å². The van der Waals surface area contributed by atoms with Crippen molar-refractivity contribution < 1.29 is 19.5 Å². The van der Waals surface area contributed by atoms with E-state index in [2.05, 4.69) is 10.6 Å². The zero-order valence-corrected chi connectivity index (χ0v) is 4.95. The summed E-state index contributed by atoms with van der Waals surface area (Å²) in [7, 11) is 0. The predicted octanol–water partition coefficient (Wildman–Crippen LogP) is -0.395. The number of hydrogen-bond acceptors (Lipinski definition) is 2. The first-order valence-electron chi connectivity index (χ1n) is 1.62. The van der Waals surface area contributed by atoms with Crippen LogP contribution in [0.5, 0.6) is 0 Å². The Labute approximate surface area is 49.8 Å². The fraction of sp³-hybridized carbons (Fsp3) is 0.333. The quantitative estimate of drug-likeness (QED) is 0.485. The molecule has 2 nitrogen and oxygen atoms in total. The smallest absolute Gasteiger partial charge is 0.0840 e. The summed E-state index contributed by atoms with van der Waals surface area (Å²) in [6, 6.07) is 0.